The SMILES string of the molecule is O=C(O)c1cc2c(cc1F)nnn2C1CCSC1. The average Bonchev–Trinajstić information content (AvgIpc) is 2.94. The number of aromatic nitrogens is 3. The van der Waals surface area contributed by atoms with Crippen LogP contribution in [0.1, 0.15) is 22.8 Å². The summed E-state index contributed by atoms with van der Waals surface area (Å²) in [6, 6.07) is 2.66. The number of carboxylic acid groups (broad SMARTS) is 1. The Labute approximate surface area is 106 Å². The molecule has 7 heteroatoms. The molecule has 1 unspecified atom stereocenters. The van der Waals surface area contributed by atoms with Gasteiger partial charge in [-0.25, -0.2) is 13.9 Å². The van der Waals surface area contributed by atoms with Crippen LogP contribution in [0.4, 0.5) is 4.39 Å². The molecular formula is C11H10FN3O2S. The molecule has 0 radical (unpaired) electrons. The molecule has 0 amide bonds. The van der Waals surface area contributed by atoms with Crippen molar-refractivity contribution in [3.8, 4) is 0 Å². The second-order valence-electron chi connectivity index (χ2n) is 4.18. The normalized spacial score (nSPS) is 19.5. The number of benzene rings is 1. The van der Waals surface area contributed by atoms with Crippen LogP contribution >= 0.6 is 11.8 Å². The molecule has 1 atom stereocenters. The van der Waals surface area contributed by atoms with Gasteiger partial charge in [0.25, 0.3) is 0 Å². The van der Waals surface area contributed by atoms with Crippen molar-refractivity contribution in [2.45, 2.75) is 12.5 Å². The second kappa shape index (κ2) is 4.24. The fourth-order valence-electron chi connectivity index (χ4n) is 2.11. The first-order valence-electron chi connectivity index (χ1n) is 5.52. The molecule has 0 spiro atoms. The predicted molar refractivity (Wildman–Crippen MR) is 65.4 cm³/mol. The maximum absolute atomic E-state index is 13.5. The Bertz CT molecular complexity index is 622. The maximum atomic E-state index is 13.5. The third-order valence-electron chi connectivity index (χ3n) is 3.04. The van der Waals surface area contributed by atoms with E-state index < -0.39 is 11.8 Å². The van der Waals surface area contributed by atoms with E-state index in [0.29, 0.717) is 11.0 Å². The van der Waals surface area contributed by atoms with Crippen LogP contribution in [0, 0.1) is 5.82 Å². The molecule has 94 valence electrons. The average molecular weight is 267 g/mol. The molecule has 1 saturated heterocycles. The number of carboxylic acids is 1. The van der Waals surface area contributed by atoms with Crippen molar-refractivity contribution in [2.75, 3.05) is 11.5 Å². The molecule has 1 aliphatic heterocycles. The molecule has 1 fully saturated rings. The van der Waals surface area contributed by atoms with Gasteiger partial charge >= 0.3 is 5.97 Å². The lowest BCUT2D eigenvalue weighted by atomic mass is 10.1. The van der Waals surface area contributed by atoms with Gasteiger partial charge in [0.2, 0.25) is 0 Å². The zero-order valence-corrected chi connectivity index (χ0v) is 10.2. The number of hydrogen-bond donors (Lipinski definition) is 1. The number of nitrogens with zero attached hydrogens (tertiary/aromatic N) is 3. The molecule has 0 aliphatic carbocycles. The zero-order chi connectivity index (χ0) is 12.7. The molecule has 2 heterocycles. The highest BCUT2D eigenvalue weighted by Gasteiger charge is 2.22. The molecule has 0 bridgehead atoms. The summed E-state index contributed by atoms with van der Waals surface area (Å²) >= 11 is 1.82. The largest absolute Gasteiger partial charge is 0.478 e. The summed E-state index contributed by atoms with van der Waals surface area (Å²) in [5.74, 6) is -0.0668. The molecule has 3 rings (SSSR count). The highest BCUT2D eigenvalue weighted by molar-refractivity contribution is 7.99. The van der Waals surface area contributed by atoms with Gasteiger partial charge in [-0.15, -0.1) is 5.10 Å². The van der Waals surface area contributed by atoms with Crippen LogP contribution in [0.3, 0.4) is 0 Å². The molecule has 2 aromatic rings. The van der Waals surface area contributed by atoms with E-state index >= 15 is 0 Å². The van der Waals surface area contributed by atoms with Crippen molar-refractivity contribution >= 4 is 28.8 Å². The fourth-order valence-corrected chi connectivity index (χ4v) is 3.29. The monoisotopic (exact) mass is 267 g/mol. The minimum absolute atomic E-state index is 0.215. The van der Waals surface area contributed by atoms with E-state index in [9.17, 15) is 9.18 Å². The van der Waals surface area contributed by atoms with Crippen molar-refractivity contribution < 1.29 is 14.3 Å². The van der Waals surface area contributed by atoms with Gasteiger partial charge in [-0.1, -0.05) is 5.21 Å². The van der Waals surface area contributed by atoms with Crippen LogP contribution in [0.5, 0.6) is 0 Å². The quantitative estimate of drug-likeness (QED) is 0.900. The third-order valence-corrected chi connectivity index (χ3v) is 4.19. The summed E-state index contributed by atoms with van der Waals surface area (Å²) in [7, 11) is 0. The Morgan fingerprint density at radius 1 is 1.56 bits per heavy atom. The van der Waals surface area contributed by atoms with E-state index in [1.165, 1.54) is 6.07 Å². The Morgan fingerprint density at radius 2 is 2.39 bits per heavy atom. The van der Waals surface area contributed by atoms with Crippen LogP contribution < -0.4 is 0 Å². The van der Waals surface area contributed by atoms with Gasteiger partial charge in [-0.3, -0.25) is 0 Å². The van der Waals surface area contributed by atoms with Gasteiger partial charge in [-0.05, 0) is 18.2 Å². The van der Waals surface area contributed by atoms with Gasteiger partial charge in [0.15, 0.2) is 0 Å². The van der Waals surface area contributed by atoms with Crippen molar-refractivity contribution in [2.24, 2.45) is 0 Å². The highest BCUT2D eigenvalue weighted by atomic mass is 32.2. The van der Waals surface area contributed by atoms with Gasteiger partial charge in [-0.2, -0.15) is 11.8 Å². The first-order chi connectivity index (χ1) is 8.66. The van der Waals surface area contributed by atoms with E-state index in [1.54, 1.807) is 4.68 Å². The van der Waals surface area contributed by atoms with Gasteiger partial charge in [0, 0.05) is 11.8 Å². The van der Waals surface area contributed by atoms with E-state index in [2.05, 4.69) is 10.3 Å². The van der Waals surface area contributed by atoms with E-state index in [-0.39, 0.29) is 11.6 Å². The van der Waals surface area contributed by atoms with Crippen LogP contribution in [-0.2, 0) is 0 Å². The molecule has 0 saturated carbocycles. The first kappa shape index (κ1) is 11.5. The lowest BCUT2D eigenvalue weighted by Gasteiger charge is -2.09. The summed E-state index contributed by atoms with van der Waals surface area (Å²) in [5, 5.41) is 16.8. The van der Waals surface area contributed by atoms with E-state index in [0.717, 1.165) is 24.0 Å². The van der Waals surface area contributed by atoms with E-state index in [4.69, 9.17) is 5.11 Å². The summed E-state index contributed by atoms with van der Waals surface area (Å²) in [5.41, 5.74) is 0.646. The molecule has 1 aromatic carbocycles. The first-order valence-corrected chi connectivity index (χ1v) is 6.68. The molecule has 1 aliphatic rings. The molecule has 5 nitrogen and oxygen atoms in total. The topological polar surface area (TPSA) is 68.0 Å². The smallest absolute Gasteiger partial charge is 0.338 e. The Hall–Kier alpha value is -1.63. The zero-order valence-electron chi connectivity index (χ0n) is 9.34. The minimum atomic E-state index is -1.28. The number of thioether (sulfide) groups is 1. The standard InChI is InChI=1S/C11H10FN3O2S/c12-8-4-9-10(3-7(8)11(16)17)15(14-13-9)6-1-2-18-5-6/h3-4,6H,1-2,5H2,(H,16,17). The predicted octanol–water partition coefficient (Wildman–Crippen LogP) is 1.95. The highest BCUT2D eigenvalue weighted by Crippen LogP contribution is 2.30. The third kappa shape index (κ3) is 1.74. The summed E-state index contributed by atoms with van der Waals surface area (Å²) in [6.45, 7) is 0. The summed E-state index contributed by atoms with van der Waals surface area (Å²) in [4.78, 5) is 10.9. The number of hydrogen-bond acceptors (Lipinski definition) is 4. The van der Waals surface area contributed by atoms with Gasteiger partial charge in [0.05, 0.1) is 17.1 Å². The number of halogens is 1. The van der Waals surface area contributed by atoms with Crippen LogP contribution in [-0.4, -0.2) is 37.6 Å². The molecule has 1 aromatic heterocycles. The van der Waals surface area contributed by atoms with Crippen molar-refractivity contribution in [3.05, 3.63) is 23.5 Å². The second-order valence-corrected chi connectivity index (χ2v) is 5.33. The minimum Gasteiger partial charge on any atom is -0.478 e. The number of aromatic carboxylic acids is 1. The van der Waals surface area contributed by atoms with E-state index in [1.807, 2.05) is 11.8 Å². The Morgan fingerprint density at radius 3 is 3.06 bits per heavy atom. The van der Waals surface area contributed by atoms with Gasteiger partial charge < -0.3 is 5.11 Å². The molecular weight excluding hydrogens is 257 g/mol. The Balaban J connectivity index is 2.16. The number of rotatable bonds is 2. The van der Waals surface area contributed by atoms with Crippen molar-refractivity contribution in [1.82, 2.24) is 15.0 Å². The van der Waals surface area contributed by atoms with Crippen LogP contribution in [0.15, 0.2) is 12.1 Å². The maximum Gasteiger partial charge on any atom is 0.338 e. The molecule has 18 heavy (non-hydrogen) atoms. The van der Waals surface area contributed by atoms with Gasteiger partial charge in [0.1, 0.15) is 11.3 Å². The molecule has 1 N–H and O–H groups in total. The van der Waals surface area contributed by atoms with Crippen molar-refractivity contribution in [1.29, 1.82) is 0 Å². The Kier molecular flexibility index (Phi) is 2.70. The fraction of sp³-hybridized carbons (Fsp3) is 0.364. The van der Waals surface area contributed by atoms with Crippen molar-refractivity contribution in [3.63, 3.8) is 0 Å². The lowest BCUT2D eigenvalue weighted by molar-refractivity contribution is 0.0692. The number of carbonyl (C=O) groups is 1. The summed E-state index contributed by atoms with van der Waals surface area (Å²) in [6.07, 6.45) is 0.975. The lowest BCUT2D eigenvalue weighted by Crippen LogP contribution is -2.10. The van der Waals surface area contributed by atoms with Crippen LogP contribution in [0.2, 0.25) is 0 Å². The van der Waals surface area contributed by atoms with Crippen LogP contribution in [0.25, 0.3) is 11.0 Å². The summed E-state index contributed by atoms with van der Waals surface area (Å²) < 4.78 is 15.2. The number of fused-ring (bicyclic) bond motifs is 1.